The molecule has 0 heterocycles. The molecule has 2 nitrogen and oxygen atoms in total. The fraction of sp³-hybridized carbons (Fsp3) is 0.533. The van der Waals surface area contributed by atoms with E-state index < -0.39 is 0 Å². The lowest BCUT2D eigenvalue weighted by Crippen LogP contribution is -2.26. The molecule has 1 N–H and O–H groups in total. The van der Waals surface area contributed by atoms with Gasteiger partial charge in [-0.05, 0) is 50.3 Å². The van der Waals surface area contributed by atoms with Crippen LogP contribution in [0.2, 0.25) is 0 Å². The Morgan fingerprint density at radius 3 is 2.67 bits per heavy atom. The molecule has 100 valence electrons. The van der Waals surface area contributed by atoms with Crippen molar-refractivity contribution >= 4 is 17.5 Å². The Hall–Kier alpha value is -1.02. The second-order valence-corrected chi connectivity index (χ2v) is 5.61. The number of benzene rings is 1. The second-order valence-electron chi connectivity index (χ2n) is 4.87. The van der Waals surface area contributed by atoms with Gasteiger partial charge in [-0.2, -0.15) is 0 Å². The van der Waals surface area contributed by atoms with Crippen LogP contribution in [0.25, 0.3) is 0 Å². The zero-order valence-corrected chi connectivity index (χ0v) is 12.2. The molecule has 1 atom stereocenters. The number of hydrogen-bond acceptors (Lipinski definition) is 1. The predicted octanol–water partition coefficient (Wildman–Crippen LogP) is 3.37. The average molecular weight is 268 g/mol. The molecule has 0 spiro atoms. The van der Waals surface area contributed by atoms with Gasteiger partial charge in [0.2, 0.25) is 5.91 Å². The summed E-state index contributed by atoms with van der Waals surface area (Å²) in [6.07, 6.45) is 2.33. The van der Waals surface area contributed by atoms with Crippen molar-refractivity contribution in [2.75, 3.05) is 6.54 Å². The van der Waals surface area contributed by atoms with Gasteiger partial charge in [-0.3, -0.25) is 4.79 Å². The van der Waals surface area contributed by atoms with Crippen LogP contribution >= 0.6 is 11.6 Å². The number of halogens is 1. The SMILES string of the molecule is Cc1ccc(CC(=O)NCCCC(C)Cl)cc1C. The normalized spacial score (nSPS) is 12.2. The fourth-order valence-corrected chi connectivity index (χ4v) is 1.93. The summed E-state index contributed by atoms with van der Waals surface area (Å²) in [4.78, 5) is 11.7. The molecule has 1 rings (SSSR count). The zero-order chi connectivity index (χ0) is 13.5. The molecule has 0 aliphatic rings. The van der Waals surface area contributed by atoms with Gasteiger partial charge < -0.3 is 5.32 Å². The number of hydrogen-bond donors (Lipinski definition) is 1. The van der Waals surface area contributed by atoms with Gasteiger partial charge in [-0.1, -0.05) is 18.2 Å². The maximum atomic E-state index is 11.7. The van der Waals surface area contributed by atoms with Gasteiger partial charge in [0.25, 0.3) is 0 Å². The molecule has 3 heteroatoms. The first-order valence-corrected chi connectivity index (χ1v) is 6.89. The number of carbonyl (C=O) groups excluding carboxylic acids is 1. The zero-order valence-electron chi connectivity index (χ0n) is 11.4. The van der Waals surface area contributed by atoms with Crippen molar-refractivity contribution in [1.29, 1.82) is 0 Å². The van der Waals surface area contributed by atoms with E-state index in [1.54, 1.807) is 0 Å². The van der Waals surface area contributed by atoms with Crippen molar-refractivity contribution in [2.24, 2.45) is 0 Å². The van der Waals surface area contributed by atoms with Crippen LogP contribution in [0, 0.1) is 13.8 Å². The predicted molar refractivity (Wildman–Crippen MR) is 77.2 cm³/mol. The number of carbonyl (C=O) groups is 1. The van der Waals surface area contributed by atoms with Crippen LogP contribution in [0.5, 0.6) is 0 Å². The molecule has 0 radical (unpaired) electrons. The minimum Gasteiger partial charge on any atom is -0.356 e. The molecular formula is C15H22ClNO. The van der Waals surface area contributed by atoms with Gasteiger partial charge in [-0.25, -0.2) is 0 Å². The van der Waals surface area contributed by atoms with Crippen molar-refractivity contribution in [2.45, 2.75) is 45.4 Å². The van der Waals surface area contributed by atoms with Crippen LogP contribution in [0.4, 0.5) is 0 Å². The third kappa shape index (κ3) is 5.54. The van der Waals surface area contributed by atoms with Crippen LogP contribution in [0.3, 0.4) is 0 Å². The molecule has 0 aliphatic carbocycles. The summed E-state index contributed by atoms with van der Waals surface area (Å²) in [6, 6.07) is 6.16. The Kier molecular flexibility index (Phi) is 6.20. The van der Waals surface area contributed by atoms with Crippen LogP contribution in [0.15, 0.2) is 18.2 Å². The topological polar surface area (TPSA) is 29.1 Å². The summed E-state index contributed by atoms with van der Waals surface area (Å²) in [5.74, 6) is 0.0838. The molecule has 18 heavy (non-hydrogen) atoms. The number of amides is 1. The first kappa shape index (κ1) is 15.0. The van der Waals surface area contributed by atoms with Crippen LogP contribution < -0.4 is 5.32 Å². The minimum absolute atomic E-state index is 0.0838. The van der Waals surface area contributed by atoms with Crippen LogP contribution in [0.1, 0.15) is 36.5 Å². The Bertz CT molecular complexity index is 401. The molecule has 0 fully saturated rings. The van der Waals surface area contributed by atoms with Crippen molar-refractivity contribution in [3.63, 3.8) is 0 Å². The number of aryl methyl sites for hydroxylation is 2. The maximum absolute atomic E-state index is 11.7. The Morgan fingerprint density at radius 1 is 1.33 bits per heavy atom. The van der Waals surface area contributed by atoms with Crippen molar-refractivity contribution < 1.29 is 4.79 Å². The molecule has 1 unspecified atom stereocenters. The summed E-state index contributed by atoms with van der Waals surface area (Å²) >= 11 is 5.84. The highest BCUT2D eigenvalue weighted by Crippen LogP contribution is 2.10. The van der Waals surface area contributed by atoms with E-state index in [0.717, 1.165) is 18.4 Å². The lowest BCUT2D eigenvalue weighted by atomic mass is 10.0. The first-order valence-electron chi connectivity index (χ1n) is 6.46. The van der Waals surface area contributed by atoms with Gasteiger partial charge in [0.1, 0.15) is 0 Å². The quantitative estimate of drug-likeness (QED) is 0.621. The summed E-state index contributed by atoms with van der Waals surface area (Å²) in [5, 5.41) is 3.11. The maximum Gasteiger partial charge on any atom is 0.224 e. The largest absolute Gasteiger partial charge is 0.356 e. The molecule has 0 bridgehead atoms. The van der Waals surface area contributed by atoms with E-state index >= 15 is 0 Å². The van der Waals surface area contributed by atoms with Gasteiger partial charge in [0.05, 0.1) is 6.42 Å². The van der Waals surface area contributed by atoms with Crippen molar-refractivity contribution in [3.05, 3.63) is 34.9 Å². The standard InChI is InChI=1S/C15H22ClNO/c1-11-6-7-14(9-12(11)2)10-15(18)17-8-4-5-13(3)16/h6-7,9,13H,4-5,8,10H2,1-3H3,(H,17,18). The van der Waals surface area contributed by atoms with Gasteiger partial charge in [-0.15, -0.1) is 11.6 Å². The second kappa shape index (κ2) is 7.42. The molecule has 1 amide bonds. The smallest absolute Gasteiger partial charge is 0.224 e. The first-order chi connectivity index (χ1) is 8.49. The Balaban J connectivity index is 2.33. The van der Waals surface area contributed by atoms with Gasteiger partial charge >= 0.3 is 0 Å². The van der Waals surface area contributed by atoms with E-state index in [9.17, 15) is 4.79 Å². The molecule has 0 saturated heterocycles. The highest BCUT2D eigenvalue weighted by molar-refractivity contribution is 6.20. The highest BCUT2D eigenvalue weighted by atomic mass is 35.5. The Labute approximate surface area is 115 Å². The molecule has 1 aromatic rings. The Morgan fingerprint density at radius 2 is 2.06 bits per heavy atom. The number of rotatable bonds is 6. The molecule has 0 saturated carbocycles. The average Bonchev–Trinajstić information content (AvgIpc) is 2.29. The summed E-state index contributed by atoms with van der Waals surface area (Å²) in [7, 11) is 0. The third-order valence-electron chi connectivity index (χ3n) is 3.04. The van der Waals surface area contributed by atoms with E-state index in [1.807, 2.05) is 13.0 Å². The van der Waals surface area contributed by atoms with Gasteiger partial charge in [0.15, 0.2) is 0 Å². The number of alkyl halides is 1. The number of nitrogens with one attached hydrogen (secondary N) is 1. The minimum atomic E-state index is 0.0838. The van der Waals surface area contributed by atoms with Crippen LogP contribution in [-0.4, -0.2) is 17.8 Å². The highest BCUT2D eigenvalue weighted by Gasteiger charge is 2.04. The van der Waals surface area contributed by atoms with E-state index in [2.05, 4.69) is 31.3 Å². The van der Waals surface area contributed by atoms with Crippen molar-refractivity contribution in [3.8, 4) is 0 Å². The van der Waals surface area contributed by atoms with E-state index in [0.29, 0.717) is 13.0 Å². The molecule has 0 aliphatic heterocycles. The summed E-state index contributed by atoms with van der Waals surface area (Å²) in [5.41, 5.74) is 3.56. The molecule has 1 aromatic carbocycles. The van der Waals surface area contributed by atoms with E-state index in [-0.39, 0.29) is 11.3 Å². The van der Waals surface area contributed by atoms with Gasteiger partial charge in [0, 0.05) is 11.9 Å². The monoisotopic (exact) mass is 267 g/mol. The fourth-order valence-electron chi connectivity index (χ4n) is 1.77. The van der Waals surface area contributed by atoms with E-state index in [4.69, 9.17) is 11.6 Å². The summed E-state index contributed by atoms with van der Waals surface area (Å²) in [6.45, 7) is 6.82. The third-order valence-corrected chi connectivity index (χ3v) is 3.26. The van der Waals surface area contributed by atoms with Crippen molar-refractivity contribution in [1.82, 2.24) is 5.32 Å². The lowest BCUT2D eigenvalue weighted by Gasteiger charge is -2.07. The lowest BCUT2D eigenvalue weighted by molar-refractivity contribution is -0.120. The summed E-state index contributed by atoms with van der Waals surface area (Å²) < 4.78 is 0. The van der Waals surface area contributed by atoms with Crippen LogP contribution in [-0.2, 0) is 11.2 Å². The molecule has 0 aromatic heterocycles. The molecular weight excluding hydrogens is 246 g/mol. The van der Waals surface area contributed by atoms with E-state index in [1.165, 1.54) is 11.1 Å².